The van der Waals surface area contributed by atoms with Gasteiger partial charge in [0.15, 0.2) is 5.78 Å². The number of carbonyl (C=O) groups is 2. The first-order valence-electron chi connectivity index (χ1n) is 13.8. The lowest BCUT2D eigenvalue weighted by Gasteiger charge is -2.37. The van der Waals surface area contributed by atoms with E-state index in [-0.39, 0.29) is 11.7 Å². The molecule has 0 unspecified atom stereocenters. The average molecular weight is 566 g/mol. The molecule has 214 valence electrons. The second-order valence-electron chi connectivity index (χ2n) is 11.3. The molecule has 1 saturated heterocycles. The summed E-state index contributed by atoms with van der Waals surface area (Å²) in [6.07, 6.45) is 12.4. The Kier molecular flexibility index (Phi) is 9.70. The fourth-order valence-corrected chi connectivity index (χ4v) is 5.53. The molecule has 11 heteroatoms. The monoisotopic (exact) mass is 565 g/mol. The Labute approximate surface area is 236 Å². The second kappa shape index (κ2) is 13.2. The first-order valence-corrected chi connectivity index (χ1v) is 17.5. The van der Waals surface area contributed by atoms with Crippen molar-refractivity contribution >= 4 is 19.8 Å². The molecule has 0 bridgehead atoms. The van der Waals surface area contributed by atoms with Gasteiger partial charge in [0.2, 0.25) is 11.8 Å². The van der Waals surface area contributed by atoms with Crippen LogP contribution in [-0.4, -0.2) is 53.2 Å². The summed E-state index contributed by atoms with van der Waals surface area (Å²) in [5.41, 5.74) is 1.10. The summed E-state index contributed by atoms with van der Waals surface area (Å²) < 4.78 is 18.4. The van der Waals surface area contributed by atoms with E-state index in [9.17, 15) is 9.59 Å². The van der Waals surface area contributed by atoms with E-state index in [1.165, 1.54) is 6.26 Å². The Morgan fingerprint density at radius 3 is 2.85 bits per heavy atom. The molecule has 10 nitrogen and oxygen atoms in total. The largest absolute Gasteiger partial charge is 0.481 e. The second-order valence-corrected chi connectivity index (χ2v) is 17.0. The van der Waals surface area contributed by atoms with Crippen molar-refractivity contribution in [3.8, 4) is 17.1 Å². The molecule has 1 aliphatic rings. The van der Waals surface area contributed by atoms with Crippen molar-refractivity contribution in [1.82, 2.24) is 25.0 Å². The van der Waals surface area contributed by atoms with Gasteiger partial charge in [-0.3, -0.25) is 9.59 Å². The lowest BCUT2D eigenvalue weighted by Crippen LogP contribution is -2.50. The Bertz CT molecular complexity index is 1310. The van der Waals surface area contributed by atoms with Gasteiger partial charge in [0.1, 0.15) is 30.1 Å². The van der Waals surface area contributed by atoms with Crippen LogP contribution in [-0.2, 0) is 21.8 Å². The van der Waals surface area contributed by atoms with E-state index >= 15 is 0 Å². The summed E-state index contributed by atoms with van der Waals surface area (Å²) in [5.74, 6) is 1.14. The number of Topliss-reactive ketones (excluding diaryl/α,β-unsaturated/α-hetero) is 1. The van der Waals surface area contributed by atoms with Gasteiger partial charge in [0.05, 0.1) is 18.4 Å². The Morgan fingerprint density at radius 2 is 2.12 bits per heavy atom. The molecule has 1 amide bonds. The van der Waals surface area contributed by atoms with E-state index in [1.807, 2.05) is 35.0 Å². The highest BCUT2D eigenvalue weighted by Crippen LogP contribution is 2.37. The van der Waals surface area contributed by atoms with Crippen LogP contribution in [0.25, 0.3) is 11.3 Å². The van der Waals surface area contributed by atoms with Crippen molar-refractivity contribution in [3.05, 3.63) is 60.5 Å². The van der Waals surface area contributed by atoms with Crippen LogP contribution in [0.15, 0.2) is 53.5 Å². The molecule has 4 rings (SSSR count). The quantitative estimate of drug-likeness (QED) is 0.120. The number of rotatable bonds is 14. The van der Waals surface area contributed by atoms with Gasteiger partial charge < -0.3 is 23.9 Å². The van der Waals surface area contributed by atoms with Gasteiger partial charge in [0, 0.05) is 46.0 Å². The number of nitrogens with zero attached hydrogens (tertiary/aromatic N) is 4. The van der Waals surface area contributed by atoms with E-state index in [2.05, 4.69) is 35.1 Å². The third-order valence-electron chi connectivity index (χ3n) is 6.95. The van der Waals surface area contributed by atoms with Crippen molar-refractivity contribution in [2.45, 2.75) is 76.5 Å². The number of carbonyl (C=O) groups excluding carboxylic acids is 2. The molecule has 0 saturated carbocycles. The van der Waals surface area contributed by atoms with Crippen LogP contribution in [0.1, 0.15) is 54.8 Å². The molecule has 1 aliphatic heterocycles. The molecule has 1 N–H and O–H groups in total. The summed E-state index contributed by atoms with van der Waals surface area (Å²) in [4.78, 5) is 34.4. The maximum atomic E-state index is 12.7. The zero-order valence-electron chi connectivity index (χ0n) is 23.8. The van der Waals surface area contributed by atoms with E-state index in [0.29, 0.717) is 56.3 Å². The van der Waals surface area contributed by atoms with E-state index < -0.39 is 13.6 Å². The zero-order chi connectivity index (χ0) is 28.6. The van der Waals surface area contributed by atoms with Gasteiger partial charge in [-0.15, -0.1) is 0 Å². The molecule has 1 fully saturated rings. The third kappa shape index (κ3) is 7.54. The summed E-state index contributed by atoms with van der Waals surface area (Å²) in [6, 6.07) is 6.39. The number of aromatic nitrogens is 4. The molecule has 4 heterocycles. The van der Waals surface area contributed by atoms with Gasteiger partial charge in [-0.1, -0.05) is 36.9 Å². The number of hydrogen-bond donors (Lipinski definition) is 1. The Hall–Kier alpha value is -3.57. The molecule has 3 aromatic heterocycles. The first-order chi connectivity index (χ1) is 19.2. The van der Waals surface area contributed by atoms with Crippen molar-refractivity contribution < 1.29 is 23.6 Å². The minimum Gasteiger partial charge on any atom is -0.481 e. The SMILES string of the molecule is COc1ncccc1-c1cn(COCC[Si](C)(C)C)c([C@@]2(C/C=C/CCC(=O)c3ccon3)CCCC(=O)N2)n1. The van der Waals surface area contributed by atoms with Gasteiger partial charge >= 0.3 is 0 Å². The van der Waals surface area contributed by atoms with Gasteiger partial charge in [-0.05, 0) is 43.9 Å². The Balaban J connectivity index is 1.60. The summed E-state index contributed by atoms with van der Waals surface area (Å²) in [5, 5.41) is 6.97. The number of imidazole rings is 1. The molecular formula is C29H39N5O5Si. The third-order valence-corrected chi connectivity index (χ3v) is 8.66. The number of piperidine rings is 1. The highest BCUT2D eigenvalue weighted by atomic mass is 28.3. The minimum atomic E-state index is -1.25. The standard InChI is InChI=1S/C29H39N5O5Si/c1-37-27-22(10-9-16-30-27)24-20-34(21-38-18-19-40(2,3)4)28(31-24)29(15-8-12-26(36)32-29)14-7-5-6-11-25(35)23-13-17-39-33-23/h5,7,9-10,13,16-17,20H,6,8,11-12,14-15,18-19,21H2,1-4H3,(H,32,36)/b7-5+/t29-/m1/s1. The van der Waals surface area contributed by atoms with Crippen molar-refractivity contribution in [2.75, 3.05) is 13.7 Å². The van der Waals surface area contributed by atoms with Gasteiger partial charge in [-0.2, -0.15) is 0 Å². The lowest BCUT2D eigenvalue weighted by molar-refractivity contribution is -0.125. The number of amides is 1. The summed E-state index contributed by atoms with van der Waals surface area (Å²) in [6.45, 7) is 7.96. The number of nitrogens with one attached hydrogen (secondary N) is 1. The lowest BCUT2D eigenvalue weighted by atomic mass is 9.84. The van der Waals surface area contributed by atoms with Crippen LogP contribution in [0.3, 0.4) is 0 Å². The number of hydrogen-bond acceptors (Lipinski definition) is 8. The van der Waals surface area contributed by atoms with Crippen LogP contribution in [0.4, 0.5) is 0 Å². The molecule has 0 aromatic carbocycles. The molecule has 0 radical (unpaired) electrons. The van der Waals surface area contributed by atoms with Crippen LogP contribution in [0.2, 0.25) is 25.7 Å². The van der Waals surface area contributed by atoms with Crippen LogP contribution < -0.4 is 10.1 Å². The number of allylic oxidation sites excluding steroid dienone is 1. The van der Waals surface area contributed by atoms with Gasteiger partial charge in [-0.25, -0.2) is 9.97 Å². The highest BCUT2D eigenvalue weighted by molar-refractivity contribution is 6.76. The molecule has 1 atom stereocenters. The number of ether oxygens (including phenoxy) is 2. The molecule has 3 aromatic rings. The highest BCUT2D eigenvalue weighted by Gasteiger charge is 2.40. The molecule has 40 heavy (non-hydrogen) atoms. The van der Waals surface area contributed by atoms with Crippen LogP contribution in [0.5, 0.6) is 5.88 Å². The number of pyridine rings is 1. The zero-order valence-corrected chi connectivity index (χ0v) is 24.8. The van der Waals surface area contributed by atoms with Crippen molar-refractivity contribution in [3.63, 3.8) is 0 Å². The first kappa shape index (κ1) is 29.4. The number of methoxy groups -OCH3 is 1. The normalized spacial score (nSPS) is 17.8. The number of ketones is 1. The predicted octanol–water partition coefficient (Wildman–Crippen LogP) is 5.36. The van der Waals surface area contributed by atoms with Crippen molar-refractivity contribution in [2.24, 2.45) is 0 Å². The molecule has 0 aliphatic carbocycles. The van der Waals surface area contributed by atoms with Crippen LogP contribution in [0, 0.1) is 0 Å². The topological polar surface area (TPSA) is 121 Å². The predicted molar refractivity (Wildman–Crippen MR) is 154 cm³/mol. The maximum Gasteiger partial charge on any atom is 0.222 e. The van der Waals surface area contributed by atoms with Gasteiger partial charge in [0.25, 0.3) is 0 Å². The summed E-state index contributed by atoms with van der Waals surface area (Å²) >= 11 is 0. The molecule has 0 spiro atoms. The average Bonchev–Trinajstić information content (AvgIpc) is 3.61. The van der Waals surface area contributed by atoms with Crippen LogP contribution >= 0.6 is 0 Å². The minimum absolute atomic E-state index is 0.00410. The van der Waals surface area contributed by atoms with E-state index in [1.54, 1.807) is 19.4 Å². The van der Waals surface area contributed by atoms with E-state index in [4.69, 9.17) is 19.0 Å². The summed E-state index contributed by atoms with van der Waals surface area (Å²) in [7, 11) is 0.337. The smallest absolute Gasteiger partial charge is 0.222 e. The van der Waals surface area contributed by atoms with E-state index in [0.717, 1.165) is 30.3 Å². The fraction of sp³-hybridized carbons (Fsp3) is 0.483. The fourth-order valence-electron chi connectivity index (χ4n) is 4.77. The maximum absolute atomic E-state index is 12.7. The molecular weight excluding hydrogens is 526 g/mol. The van der Waals surface area contributed by atoms with Crippen molar-refractivity contribution in [1.29, 1.82) is 0 Å². The Morgan fingerprint density at radius 1 is 1.27 bits per heavy atom.